The van der Waals surface area contributed by atoms with Crippen LogP contribution in [-0.2, 0) is 14.4 Å². The maximum atomic E-state index is 13.8. The highest BCUT2D eigenvalue weighted by molar-refractivity contribution is 8.15. The van der Waals surface area contributed by atoms with Gasteiger partial charge in [-0.25, -0.2) is 9.89 Å². The number of para-hydroxylation sites is 2. The fourth-order valence-corrected chi connectivity index (χ4v) is 7.36. The van der Waals surface area contributed by atoms with Gasteiger partial charge in [0.2, 0.25) is 11.8 Å². The van der Waals surface area contributed by atoms with Gasteiger partial charge in [-0.2, -0.15) is 0 Å². The summed E-state index contributed by atoms with van der Waals surface area (Å²) >= 11 is 1.34. The van der Waals surface area contributed by atoms with Crippen molar-refractivity contribution in [2.45, 2.75) is 75.6 Å². The zero-order valence-corrected chi connectivity index (χ0v) is 25.6. The largest absolute Gasteiger partial charge is 0.368 e. The Hall–Kier alpha value is -3.66. The number of amides is 3. The van der Waals surface area contributed by atoms with Gasteiger partial charge in [0.1, 0.15) is 11.9 Å². The van der Waals surface area contributed by atoms with Crippen molar-refractivity contribution in [1.29, 1.82) is 0 Å². The summed E-state index contributed by atoms with van der Waals surface area (Å²) in [6, 6.07) is 17.5. The molecule has 3 heterocycles. The first kappa shape index (κ1) is 29.4. The van der Waals surface area contributed by atoms with E-state index in [9.17, 15) is 14.4 Å². The second-order valence-corrected chi connectivity index (χ2v) is 12.8. The number of rotatable bonds is 8. The molecule has 1 aliphatic carbocycles. The summed E-state index contributed by atoms with van der Waals surface area (Å²) in [6.45, 7) is 4.89. The molecule has 0 spiro atoms. The van der Waals surface area contributed by atoms with Gasteiger partial charge in [-0.3, -0.25) is 19.4 Å². The minimum Gasteiger partial charge on any atom is -0.368 e. The third-order valence-corrected chi connectivity index (χ3v) is 10.1. The smallest absolute Gasteiger partial charge is 0.259 e. The first-order chi connectivity index (χ1) is 21.0. The molecule has 6 rings (SSSR count). The van der Waals surface area contributed by atoms with Crippen molar-refractivity contribution in [1.82, 2.24) is 15.1 Å². The Labute approximate surface area is 257 Å². The number of nitrogens with one attached hydrogen (secondary N) is 1. The second-order valence-electron chi connectivity index (χ2n) is 11.7. The monoisotopic (exact) mass is 600 g/mol. The lowest BCUT2D eigenvalue weighted by Gasteiger charge is -2.36. The molecule has 9 nitrogen and oxygen atoms in total. The van der Waals surface area contributed by atoms with Crippen LogP contribution in [0.2, 0.25) is 0 Å². The molecule has 0 aromatic heterocycles. The number of fused-ring (bicyclic) bond motifs is 3. The molecule has 2 atom stereocenters. The van der Waals surface area contributed by atoms with Crippen LogP contribution in [0.1, 0.15) is 63.9 Å². The average molecular weight is 601 g/mol. The first-order valence-corrected chi connectivity index (χ1v) is 16.5. The molecule has 0 bridgehead atoms. The van der Waals surface area contributed by atoms with Crippen LogP contribution in [0, 0.1) is 0 Å². The number of hydrogen-bond donors (Lipinski definition) is 1. The van der Waals surface area contributed by atoms with Gasteiger partial charge in [-0.1, -0.05) is 68.3 Å². The third-order valence-electron chi connectivity index (χ3n) is 8.80. The second kappa shape index (κ2) is 13.3. The molecular formula is C33H40N6O3S. The van der Waals surface area contributed by atoms with Crippen LogP contribution in [0.25, 0.3) is 0 Å². The predicted molar refractivity (Wildman–Crippen MR) is 172 cm³/mol. The van der Waals surface area contributed by atoms with E-state index in [4.69, 9.17) is 9.98 Å². The van der Waals surface area contributed by atoms with E-state index < -0.39 is 6.04 Å². The Bertz CT molecular complexity index is 1400. The Morgan fingerprint density at radius 1 is 0.977 bits per heavy atom. The molecule has 0 unspecified atom stereocenters. The van der Waals surface area contributed by atoms with E-state index in [-0.39, 0.29) is 35.4 Å². The SMILES string of the molecule is CC[C@H](SC1=Nc2ccccc2C2=N[C@H](CCC(=O)N3CCN(c4ccccc4)CC3)C(=O)N12)C(=O)NC1CCCCC1. The number of hydrogen-bond acceptors (Lipinski definition) is 7. The van der Waals surface area contributed by atoms with Crippen molar-refractivity contribution < 1.29 is 14.4 Å². The van der Waals surface area contributed by atoms with E-state index in [1.807, 2.05) is 54.3 Å². The van der Waals surface area contributed by atoms with Gasteiger partial charge in [0, 0.05) is 49.9 Å². The lowest BCUT2D eigenvalue weighted by molar-refractivity contribution is -0.132. The molecule has 3 aliphatic heterocycles. The van der Waals surface area contributed by atoms with Crippen molar-refractivity contribution in [3.05, 3.63) is 60.2 Å². The third kappa shape index (κ3) is 6.49. The van der Waals surface area contributed by atoms with Crippen LogP contribution >= 0.6 is 11.8 Å². The molecule has 43 heavy (non-hydrogen) atoms. The van der Waals surface area contributed by atoms with Crippen molar-refractivity contribution in [3.63, 3.8) is 0 Å². The quantitative estimate of drug-likeness (QED) is 0.472. The van der Waals surface area contributed by atoms with Gasteiger partial charge in [-0.15, -0.1) is 0 Å². The van der Waals surface area contributed by atoms with Crippen LogP contribution < -0.4 is 10.2 Å². The van der Waals surface area contributed by atoms with Gasteiger partial charge >= 0.3 is 0 Å². The molecule has 2 aromatic carbocycles. The summed E-state index contributed by atoms with van der Waals surface area (Å²) in [7, 11) is 0. The fourth-order valence-electron chi connectivity index (χ4n) is 6.33. The topological polar surface area (TPSA) is 97.7 Å². The standard InChI is InChI=1S/C33H40N6O3S/c1-2-28(31(41)34-23-11-5-3-6-12-23)43-33-36-26-16-10-9-15-25(26)30-35-27(32(42)39(30)33)17-18-29(40)38-21-19-37(20-22-38)24-13-7-4-8-14-24/h4,7-10,13-16,23,27-28H,2-3,5-6,11-12,17-22H2,1H3,(H,34,41)/t27-,28+/m1/s1. The van der Waals surface area contributed by atoms with Crippen LogP contribution in [0.4, 0.5) is 11.4 Å². The lowest BCUT2D eigenvalue weighted by atomic mass is 9.95. The molecule has 2 fully saturated rings. The van der Waals surface area contributed by atoms with E-state index in [1.54, 1.807) is 4.90 Å². The normalized spacial score (nSPS) is 21.1. The number of thioether (sulfide) groups is 1. The van der Waals surface area contributed by atoms with Gasteiger partial charge in [0.25, 0.3) is 5.91 Å². The molecular weight excluding hydrogens is 560 g/mol. The Morgan fingerprint density at radius 2 is 1.70 bits per heavy atom. The van der Waals surface area contributed by atoms with E-state index in [1.165, 1.54) is 23.9 Å². The highest BCUT2D eigenvalue weighted by Crippen LogP contribution is 2.36. The maximum Gasteiger partial charge on any atom is 0.259 e. The maximum absolute atomic E-state index is 13.8. The highest BCUT2D eigenvalue weighted by Gasteiger charge is 2.42. The van der Waals surface area contributed by atoms with E-state index in [2.05, 4.69) is 22.3 Å². The van der Waals surface area contributed by atoms with Crippen molar-refractivity contribution in [2.24, 2.45) is 9.98 Å². The summed E-state index contributed by atoms with van der Waals surface area (Å²) in [5.74, 6) is 0.440. The predicted octanol–water partition coefficient (Wildman–Crippen LogP) is 4.73. The Morgan fingerprint density at radius 3 is 2.44 bits per heavy atom. The average Bonchev–Trinajstić information content (AvgIpc) is 3.39. The number of amidine groups is 2. The zero-order chi connectivity index (χ0) is 29.8. The van der Waals surface area contributed by atoms with Gasteiger partial charge in [0.15, 0.2) is 5.17 Å². The minimum absolute atomic E-state index is 0.000557. The molecule has 2 aromatic rings. The molecule has 4 aliphatic rings. The number of aliphatic imine (C=N–C) groups is 2. The molecule has 3 amide bonds. The number of anilines is 1. The summed E-state index contributed by atoms with van der Waals surface area (Å²) < 4.78 is 0. The van der Waals surface area contributed by atoms with Crippen molar-refractivity contribution in [2.75, 3.05) is 31.1 Å². The van der Waals surface area contributed by atoms with Crippen LogP contribution in [0.5, 0.6) is 0 Å². The molecule has 0 radical (unpaired) electrons. The van der Waals surface area contributed by atoms with Gasteiger partial charge in [0.05, 0.1) is 10.9 Å². The first-order valence-electron chi connectivity index (χ1n) is 15.7. The summed E-state index contributed by atoms with van der Waals surface area (Å²) in [5, 5.41) is 3.36. The minimum atomic E-state index is -0.655. The number of benzene rings is 2. The number of carbonyl (C=O) groups excluding carboxylic acids is 3. The zero-order valence-electron chi connectivity index (χ0n) is 24.8. The molecule has 10 heteroatoms. The summed E-state index contributed by atoms with van der Waals surface area (Å²) in [4.78, 5) is 55.7. The molecule has 1 N–H and O–H groups in total. The molecule has 226 valence electrons. The lowest BCUT2D eigenvalue weighted by Crippen LogP contribution is -2.49. The number of nitrogens with zero attached hydrogens (tertiary/aromatic N) is 5. The van der Waals surface area contributed by atoms with Crippen molar-refractivity contribution >= 4 is 51.9 Å². The highest BCUT2D eigenvalue weighted by atomic mass is 32.2. The Kier molecular flexibility index (Phi) is 9.11. The summed E-state index contributed by atoms with van der Waals surface area (Å²) in [6.07, 6.45) is 6.78. The van der Waals surface area contributed by atoms with E-state index in [0.717, 1.165) is 50.0 Å². The van der Waals surface area contributed by atoms with Crippen LogP contribution in [0.3, 0.4) is 0 Å². The van der Waals surface area contributed by atoms with Gasteiger partial charge in [-0.05, 0) is 49.9 Å². The fraction of sp³-hybridized carbons (Fsp3) is 0.485. The van der Waals surface area contributed by atoms with Crippen molar-refractivity contribution in [3.8, 4) is 0 Å². The number of carbonyl (C=O) groups is 3. The van der Waals surface area contributed by atoms with Crippen LogP contribution in [0.15, 0.2) is 64.6 Å². The van der Waals surface area contributed by atoms with E-state index in [0.29, 0.717) is 36.9 Å². The molecule has 1 saturated heterocycles. The summed E-state index contributed by atoms with van der Waals surface area (Å²) in [5.41, 5.74) is 2.71. The Balaban J connectivity index is 1.11. The van der Waals surface area contributed by atoms with Gasteiger partial charge < -0.3 is 15.1 Å². The number of piperazine rings is 1. The van der Waals surface area contributed by atoms with E-state index >= 15 is 0 Å². The molecule has 1 saturated carbocycles. The van der Waals surface area contributed by atoms with Crippen LogP contribution in [-0.4, -0.2) is 82.0 Å².